The number of pyridine rings is 1. The van der Waals surface area contributed by atoms with Crippen LogP contribution in [-0.4, -0.2) is 42.8 Å². The largest absolute Gasteiger partial charge is 0.492 e. The first-order chi connectivity index (χ1) is 15.3. The van der Waals surface area contributed by atoms with Gasteiger partial charge in [-0.1, -0.05) is 12.1 Å². The summed E-state index contributed by atoms with van der Waals surface area (Å²) in [5.74, 6) is 0.962. The van der Waals surface area contributed by atoms with Gasteiger partial charge in [-0.15, -0.1) is 0 Å². The van der Waals surface area contributed by atoms with Crippen molar-refractivity contribution in [3.05, 3.63) is 59.7 Å². The number of fused-ring (bicyclic) bond motifs is 3. The molecule has 0 amide bonds. The first-order valence-electron chi connectivity index (χ1n) is 10.0. The van der Waals surface area contributed by atoms with Crippen molar-refractivity contribution in [2.45, 2.75) is 18.7 Å². The van der Waals surface area contributed by atoms with E-state index in [9.17, 15) is 13.7 Å². The lowest BCUT2D eigenvalue weighted by Crippen LogP contribution is -2.23. The number of nitrogens with zero attached hydrogens (tertiary/aromatic N) is 4. The van der Waals surface area contributed by atoms with Crippen LogP contribution in [-0.2, 0) is 10.0 Å². The molecule has 0 aliphatic carbocycles. The summed E-state index contributed by atoms with van der Waals surface area (Å²) in [6.45, 7) is 4.00. The van der Waals surface area contributed by atoms with Gasteiger partial charge in [0.15, 0.2) is 5.65 Å². The summed E-state index contributed by atoms with van der Waals surface area (Å²) in [6.07, 6.45) is 0. The quantitative estimate of drug-likeness (QED) is 0.477. The van der Waals surface area contributed by atoms with Gasteiger partial charge in [-0.2, -0.15) is 5.26 Å². The second-order valence-corrected chi connectivity index (χ2v) is 9.59. The Morgan fingerprint density at radius 3 is 2.62 bits per heavy atom. The molecular weight excluding hydrogens is 426 g/mol. The molecule has 9 heteroatoms. The molecule has 4 rings (SSSR count). The minimum Gasteiger partial charge on any atom is -0.492 e. The van der Waals surface area contributed by atoms with Gasteiger partial charge in [0.05, 0.1) is 23.2 Å². The highest BCUT2D eigenvalue weighted by Crippen LogP contribution is 2.32. The third-order valence-corrected chi connectivity index (χ3v) is 7.00. The minimum absolute atomic E-state index is 0.0754. The van der Waals surface area contributed by atoms with Crippen molar-refractivity contribution in [1.29, 1.82) is 5.26 Å². The molecule has 0 bridgehead atoms. The van der Waals surface area contributed by atoms with Gasteiger partial charge in [-0.3, -0.25) is 4.40 Å². The van der Waals surface area contributed by atoms with Crippen LogP contribution in [0.3, 0.4) is 0 Å². The molecule has 0 radical (unpaired) electrons. The Hall–Kier alpha value is -3.61. The fourth-order valence-corrected chi connectivity index (χ4v) is 4.64. The fourth-order valence-electron chi connectivity index (χ4n) is 3.59. The van der Waals surface area contributed by atoms with Crippen molar-refractivity contribution in [3.8, 4) is 11.8 Å². The van der Waals surface area contributed by atoms with E-state index in [1.165, 1.54) is 14.1 Å². The number of benzene rings is 2. The highest BCUT2D eigenvalue weighted by Gasteiger charge is 2.23. The van der Waals surface area contributed by atoms with E-state index in [2.05, 4.69) is 16.4 Å². The first-order valence-corrected chi connectivity index (χ1v) is 11.5. The Balaban J connectivity index is 1.92. The van der Waals surface area contributed by atoms with Crippen LogP contribution < -0.4 is 10.1 Å². The zero-order valence-electron chi connectivity index (χ0n) is 18.2. The molecule has 0 aliphatic rings. The van der Waals surface area contributed by atoms with Crippen LogP contribution in [0.5, 0.6) is 5.75 Å². The molecule has 0 unspecified atom stereocenters. The number of ether oxygens (including phenoxy) is 1. The van der Waals surface area contributed by atoms with Crippen molar-refractivity contribution in [1.82, 2.24) is 13.7 Å². The van der Waals surface area contributed by atoms with Crippen molar-refractivity contribution in [2.24, 2.45) is 0 Å². The number of anilines is 2. The van der Waals surface area contributed by atoms with Crippen molar-refractivity contribution >= 4 is 38.2 Å². The van der Waals surface area contributed by atoms with Crippen molar-refractivity contribution in [3.63, 3.8) is 0 Å². The topological polar surface area (TPSA) is 99.7 Å². The molecule has 164 valence electrons. The van der Waals surface area contributed by atoms with Crippen LogP contribution in [0.25, 0.3) is 16.7 Å². The summed E-state index contributed by atoms with van der Waals surface area (Å²) >= 11 is 0. The highest BCUT2D eigenvalue weighted by molar-refractivity contribution is 7.89. The third-order valence-electron chi connectivity index (χ3n) is 5.16. The van der Waals surface area contributed by atoms with Gasteiger partial charge in [-0.05, 0) is 55.8 Å². The zero-order valence-corrected chi connectivity index (χ0v) is 19.1. The number of nitrogens with one attached hydrogen (secondary N) is 1. The van der Waals surface area contributed by atoms with E-state index < -0.39 is 10.0 Å². The molecule has 0 saturated heterocycles. The predicted octanol–water partition coefficient (Wildman–Crippen LogP) is 4.06. The lowest BCUT2D eigenvalue weighted by Gasteiger charge is -2.18. The number of hydrogen-bond acceptors (Lipinski definition) is 6. The number of sulfonamides is 1. The molecule has 0 saturated carbocycles. The number of imidazole rings is 1. The maximum Gasteiger partial charge on any atom is 0.246 e. The summed E-state index contributed by atoms with van der Waals surface area (Å²) in [4.78, 5) is 4.72. The normalized spacial score (nSPS) is 11.8. The van der Waals surface area contributed by atoms with Crippen LogP contribution in [0.4, 0.5) is 11.5 Å². The van der Waals surface area contributed by atoms with E-state index in [-0.39, 0.29) is 4.90 Å². The molecule has 1 N–H and O–H groups in total. The fraction of sp³-hybridized carbons (Fsp3) is 0.217. The first kappa shape index (κ1) is 21.6. The van der Waals surface area contributed by atoms with Gasteiger partial charge in [0, 0.05) is 19.8 Å². The van der Waals surface area contributed by atoms with Gasteiger partial charge in [-0.25, -0.2) is 17.7 Å². The Morgan fingerprint density at radius 1 is 1.19 bits per heavy atom. The monoisotopic (exact) mass is 449 g/mol. The van der Waals surface area contributed by atoms with Crippen LogP contribution >= 0.6 is 0 Å². The molecular formula is C23H23N5O3S. The molecule has 0 aliphatic heterocycles. The van der Waals surface area contributed by atoms with E-state index in [1.807, 2.05) is 41.7 Å². The molecule has 2 heterocycles. The average molecular weight is 450 g/mol. The minimum atomic E-state index is -3.72. The number of rotatable bonds is 6. The number of aryl methyl sites for hydroxylation is 1. The SMILES string of the molecule is CCOc1ccc(Nc2cc(C)c(C#N)c3nc4ccccc4n23)cc1S(=O)(=O)N(C)C. The number of hydrogen-bond donors (Lipinski definition) is 1. The average Bonchev–Trinajstić information content (AvgIpc) is 3.14. The summed E-state index contributed by atoms with van der Waals surface area (Å²) in [6, 6.07) is 16.7. The molecule has 4 aromatic rings. The number of nitriles is 1. The molecule has 32 heavy (non-hydrogen) atoms. The standard InChI is InChI=1S/C23H23N5O3S/c1-5-31-20-11-10-16(13-21(20)32(29,30)27(3)4)25-22-12-15(2)17(14-24)23-26-18-8-6-7-9-19(18)28(22)23/h6-13,25H,5H2,1-4H3. The Bertz CT molecular complexity index is 1480. The van der Waals surface area contributed by atoms with Crippen molar-refractivity contribution in [2.75, 3.05) is 26.0 Å². The van der Waals surface area contributed by atoms with E-state index in [4.69, 9.17) is 4.74 Å². The van der Waals surface area contributed by atoms with E-state index in [1.54, 1.807) is 25.1 Å². The van der Waals surface area contributed by atoms with Gasteiger partial charge in [0.1, 0.15) is 22.5 Å². The summed E-state index contributed by atoms with van der Waals surface area (Å²) in [5, 5.41) is 13.0. The Morgan fingerprint density at radius 2 is 1.94 bits per heavy atom. The highest BCUT2D eigenvalue weighted by atomic mass is 32.2. The predicted molar refractivity (Wildman–Crippen MR) is 124 cm³/mol. The Labute approximate surface area is 186 Å². The molecule has 0 atom stereocenters. The van der Waals surface area contributed by atoms with Gasteiger partial charge in [0.25, 0.3) is 0 Å². The summed E-state index contributed by atoms with van der Waals surface area (Å²) in [5.41, 5.74) is 3.98. The summed E-state index contributed by atoms with van der Waals surface area (Å²) < 4.78 is 34.4. The molecule has 2 aromatic carbocycles. The van der Waals surface area contributed by atoms with Gasteiger partial charge in [0.2, 0.25) is 10.0 Å². The lowest BCUT2D eigenvalue weighted by atomic mass is 10.1. The molecule has 0 spiro atoms. The lowest BCUT2D eigenvalue weighted by molar-refractivity contribution is 0.330. The van der Waals surface area contributed by atoms with Gasteiger partial charge >= 0.3 is 0 Å². The Kier molecular flexibility index (Phi) is 5.50. The number of aromatic nitrogens is 2. The van der Waals surface area contributed by atoms with E-state index >= 15 is 0 Å². The maximum atomic E-state index is 12.9. The van der Waals surface area contributed by atoms with Crippen LogP contribution in [0, 0.1) is 18.3 Å². The zero-order chi connectivity index (χ0) is 23.0. The third kappa shape index (κ3) is 3.53. The molecule has 0 fully saturated rings. The summed E-state index contributed by atoms with van der Waals surface area (Å²) in [7, 11) is -0.759. The van der Waals surface area contributed by atoms with Crippen LogP contribution in [0.2, 0.25) is 0 Å². The van der Waals surface area contributed by atoms with E-state index in [0.29, 0.717) is 35.1 Å². The van der Waals surface area contributed by atoms with Gasteiger partial charge < -0.3 is 10.1 Å². The smallest absolute Gasteiger partial charge is 0.246 e. The van der Waals surface area contributed by atoms with Crippen LogP contribution in [0.1, 0.15) is 18.1 Å². The van der Waals surface area contributed by atoms with Crippen molar-refractivity contribution < 1.29 is 13.2 Å². The second-order valence-electron chi connectivity index (χ2n) is 7.47. The van der Waals surface area contributed by atoms with E-state index in [0.717, 1.165) is 20.9 Å². The molecule has 2 aromatic heterocycles. The number of para-hydroxylation sites is 2. The maximum absolute atomic E-state index is 12.9. The second kappa shape index (κ2) is 8.15. The molecule has 8 nitrogen and oxygen atoms in total. The van der Waals surface area contributed by atoms with Crippen LogP contribution in [0.15, 0.2) is 53.4 Å².